The average molecular weight is 602 g/mol. The van der Waals surface area contributed by atoms with Crippen LogP contribution in [0.2, 0.25) is 5.02 Å². The zero-order valence-electron chi connectivity index (χ0n) is 23.2. The first-order chi connectivity index (χ1) is 20.9. The minimum Gasteiger partial charge on any atom is -0.453 e. The molecule has 3 N–H and O–H groups in total. The first-order valence-corrected chi connectivity index (χ1v) is 13.9. The largest absolute Gasteiger partial charge is 0.453 e. The lowest BCUT2D eigenvalue weighted by Crippen LogP contribution is -2.28. The Morgan fingerprint density at radius 3 is 2.81 bits per heavy atom. The van der Waals surface area contributed by atoms with Crippen molar-refractivity contribution in [2.24, 2.45) is 0 Å². The third kappa shape index (κ3) is 7.38. The standard InChI is InChI=1S/C29H28ClN9O4/c1-43-29(42)33-20-9-10-21-24(16-20)35-26(40)6-4-2-3-5-23(22-13-14-31-36-28(21)22)34-27(41)12-7-18-15-19(30)8-11-25(18)39-17-32-37-38-39/h7-17,23H,2-6H2,1H3,(H,33,42)(H,34,41)(H,35,40)/b12-7+. The number of aromatic nitrogens is 6. The van der Waals surface area contributed by atoms with Gasteiger partial charge in [-0.05, 0) is 71.8 Å². The normalized spacial score (nSPS) is 15.3. The Balaban J connectivity index is 1.47. The van der Waals surface area contributed by atoms with E-state index in [4.69, 9.17) is 16.3 Å². The van der Waals surface area contributed by atoms with E-state index in [0.717, 1.165) is 18.4 Å². The lowest BCUT2D eigenvalue weighted by atomic mass is 9.94. The highest BCUT2D eigenvalue weighted by molar-refractivity contribution is 6.30. The number of nitrogens with one attached hydrogen (secondary N) is 3. The first-order valence-electron chi connectivity index (χ1n) is 13.5. The third-order valence-electron chi connectivity index (χ3n) is 6.82. The van der Waals surface area contributed by atoms with Gasteiger partial charge in [0.15, 0.2) is 0 Å². The van der Waals surface area contributed by atoms with Gasteiger partial charge in [-0.2, -0.15) is 14.9 Å². The molecule has 0 saturated heterocycles. The first kappa shape index (κ1) is 29.3. The molecule has 1 aliphatic heterocycles. The monoisotopic (exact) mass is 601 g/mol. The minimum absolute atomic E-state index is 0.153. The highest BCUT2D eigenvalue weighted by atomic mass is 35.5. The number of benzene rings is 2. The molecule has 3 amide bonds. The fourth-order valence-corrected chi connectivity index (χ4v) is 4.97. The maximum absolute atomic E-state index is 13.3. The molecule has 0 radical (unpaired) electrons. The number of carbonyl (C=O) groups excluding carboxylic acids is 3. The number of carbonyl (C=O) groups is 3. The van der Waals surface area contributed by atoms with Crippen LogP contribution in [0.25, 0.3) is 23.0 Å². The van der Waals surface area contributed by atoms with Crippen molar-refractivity contribution in [1.29, 1.82) is 0 Å². The Hall–Kier alpha value is -5.17. The topological polar surface area (TPSA) is 166 Å². The van der Waals surface area contributed by atoms with E-state index < -0.39 is 12.1 Å². The van der Waals surface area contributed by atoms with Crippen LogP contribution in [0.15, 0.2) is 61.1 Å². The summed E-state index contributed by atoms with van der Waals surface area (Å²) in [7, 11) is 1.27. The van der Waals surface area contributed by atoms with Crippen molar-refractivity contribution in [3.8, 4) is 16.9 Å². The van der Waals surface area contributed by atoms with Crippen molar-refractivity contribution in [3.05, 3.63) is 77.2 Å². The van der Waals surface area contributed by atoms with Crippen LogP contribution in [0.3, 0.4) is 0 Å². The van der Waals surface area contributed by atoms with E-state index in [-0.39, 0.29) is 11.8 Å². The maximum Gasteiger partial charge on any atom is 0.411 e. The predicted octanol–water partition coefficient (Wildman–Crippen LogP) is 4.72. The molecule has 4 aromatic rings. The lowest BCUT2D eigenvalue weighted by molar-refractivity contribution is -0.117. The van der Waals surface area contributed by atoms with Gasteiger partial charge in [0, 0.05) is 46.1 Å². The fourth-order valence-electron chi connectivity index (χ4n) is 4.79. The number of tetrazole rings is 1. The molecule has 2 aromatic heterocycles. The molecule has 0 bridgehead atoms. The van der Waals surface area contributed by atoms with Crippen molar-refractivity contribution in [3.63, 3.8) is 0 Å². The Kier molecular flexibility index (Phi) is 9.32. The van der Waals surface area contributed by atoms with Crippen molar-refractivity contribution in [2.75, 3.05) is 17.7 Å². The lowest BCUT2D eigenvalue weighted by Gasteiger charge is -2.22. The number of methoxy groups -OCH3 is 1. The van der Waals surface area contributed by atoms with Gasteiger partial charge in [0.1, 0.15) is 12.0 Å². The van der Waals surface area contributed by atoms with Crippen molar-refractivity contribution < 1.29 is 19.1 Å². The summed E-state index contributed by atoms with van der Waals surface area (Å²) in [5.41, 5.74) is 4.01. The van der Waals surface area contributed by atoms with Crippen molar-refractivity contribution >= 4 is 47.0 Å². The highest BCUT2D eigenvalue weighted by Gasteiger charge is 2.23. The van der Waals surface area contributed by atoms with Gasteiger partial charge in [-0.3, -0.25) is 14.9 Å². The molecule has 2 aromatic carbocycles. The van der Waals surface area contributed by atoms with Gasteiger partial charge in [0.2, 0.25) is 11.8 Å². The van der Waals surface area contributed by atoms with E-state index in [1.165, 1.54) is 24.2 Å². The number of amides is 3. The quantitative estimate of drug-likeness (QED) is 0.274. The Morgan fingerprint density at radius 1 is 1.12 bits per heavy atom. The van der Waals surface area contributed by atoms with E-state index in [2.05, 4.69) is 41.7 Å². The number of nitrogens with zero attached hydrogens (tertiary/aromatic N) is 6. The van der Waals surface area contributed by atoms with Crippen LogP contribution in [-0.2, 0) is 14.3 Å². The Bertz CT molecular complexity index is 1660. The van der Waals surface area contributed by atoms with Crippen LogP contribution in [0.5, 0.6) is 0 Å². The highest BCUT2D eigenvalue weighted by Crippen LogP contribution is 2.36. The fraction of sp³-hybridized carbons (Fsp3) is 0.241. The molecule has 43 heavy (non-hydrogen) atoms. The predicted molar refractivity (Wildman–Crippen MR) is 159 cm³/mol. The summed E-state index contributed by atoms with van der Waals surface area (Å²) in [5, 5.41) is 29.0. The van der Waals surface area contributed by atoms with E-state index in [0.29, 0.717) is 58.2 Å². The zero-order valence-corrected chi connectivity index (χ0v) is 23.9. The van der Waals surface area contributed by atoms with Crippen LogP contribution < -0.4 is 16.0 Å². The van der Waals surface area contributed by atoms with E-state index in [9.17, 15) is 14.4 Å². The van der Waals surface area contributed by atoms with E-state index in [1.807, 2.05) is 6.07 Å². The Labute approximate surface area is 251 Å². The van der Waals surface area contributed by atoms with Gasteiger partial charge in [0.25, 0.3) is 0 Å². The molecule has 5 rings (SSSR count). The molecule has 0 saturated carbocycles. The molecule has 1 unspecified atom stereocenters. The van der Waals surface area contributed by atoms with Crippen molar-refractivity contribution in [1.82, 2.24) is 35.7 Å². The molecule has 0 aliphatic carbocycles. The number of anilines is 2. The van der Waals surface area contributed by atoms with Crippen LogP contribution in [-0.4, -0.2) is 55.4 Å². The van der Waals surface area contributed by atoms with Crippen molar-refractivity contribution in [2.45, 2.75) is 38.1 Å². The number of rotatable bonds is 5. The number of hydrogen-bond acceptors (Lipinski definition) is 9. The van der Waals surface area contributed by atoms with Gasteiger partial charge in [-0.15, -0.1) is 5.10 Å². The molecule has 13 nitrogen and oxygen atoms in total. The second kappa shape index (κ2) is 13.7. The second-order valence-corrected chi connectivity index (χ2v) is 10.1. The van der Waals surface area contributed by atoms with E-state index in [1.54, 1.807) is 48.7 Å². The molecule has 1 aliphatic rings. The second-order valence-electron chi connectivity index (χ2n) is 9.71. The maximum atomic E-state index is 13.3. The molecule has 0 fully saturated rings. The van der Waals surface area contributed by atoms with E-state index >= 15 is 0 Å². The number of ether oxygens (including phenoxy) is 1. The van der Waals surface area contributed by atoms with Gasteiger partial charge < -0.3 is 15.4 Å². The van der Waals surface area contributed by atoms with Gasteiger partial charge >= 0.3 is 6.09 Å². The summed E-state index contributed by atoms with van der Waals surface area (Å²) in [6.45, 7) is 0. The number of hydrogen-bond donors (Lipinski definition) is 3. The summed E-state index contributed by atoms with van der Waals surface area (Å²) in [6.07, 6.45) is 8.65. The number of fused-ring (bicyclic) bond motifs is 3. The van der Waals surface area contributed by atoms with Gasteiger partial charge in [0.05, 0.1) is 24.5 Å². The van der Waals surface area contributed by atoms with Gasteiger partial charge in [-0.1, -0.05) is 24.4 Å². The Morgan fingerprint density at radius 2 is 2.00 bits per heavy atom. The molecule has 14 heteroatoms. The summed E-state index contributed by atoms with van der Waals surface area (Å²) in [5.74, 6) is -0.479. The summed E-state index contributed by atoms with van der Waals surface area (Å²) in [4.78, 5) is 37.8. The summed E-state index contributed by atoms with van der Waals surface area (Å²) >= 11 is 6.22. The molecule has 3 heterocycles. The molecule has 0 spiro atoms. The minimum atomic E-state index is -0.640. The van der Waals surface area contributed by atoms with Crippen LogP contribution in [0, 0.1) is 0 Å². The molecule has 220 valence electrons. The van der Waals surface area contributed by atoms with Crippen LogP contribution >= 0.6 is 11.6 Å². The summed E-state index contributed by atoms with van der Waals surface area (Å²) in [6, 6.07) is 11.6. The molecular formula is C29H28ClN9O4. The molecule has 1 atom stereocenters. The summed E-state index contributed by atoms with van der Waals surface area (Å²) < 4.78 is 6.18. The average Bonchev–Trinajstić information content (AvgIpc) is 3.54. The van der Waals surface area contributed by atoms with Gasteiger partial charge in [-0.25, -0.2) is 4.79 Å². The third-order valence-corrected chi connectivity index (χ3v) is 7.06. The SMILES string of the molecule is COC(=O)Nc1ccc2c(c1)NC(=O)CCCCCC(NC(=O)/C=C/c1cc(Cl)ccc1-n1cnnn1)c1ccnnc1-2. The van der Waals surface area contributed by atoms with Crippen LogP contribution in [0.4, 0.5) is 16.2 Å². The zero-order chi connectivity index (χ0) is 30.2. The van der Waals surface area contributed by atoms with Crippen LogP contribution in [0.1, 0.15) is 49.3 Å². The molecular weight excluding hydrogens is 574 g/mol. The smallest absolute Gasteiger partial charge is 0.411 e. The number of halogens is 1.